The molecule has 0 N–H and O–H groups in total. The molecular weight excluding hydrogens is 320 g/mol. The molecule has 0 radical (unpaired) electrons. The van der Waals surface area contributed by atoms with Gasteiger partial charge in [-0.15, -0.1) is 0 Å². The van der Waals surface area contributed by atoms with Crippen molar-refractivity contribution in [1.82, 2.24) is 0 Å². The first kappa shape index (κ1) is 14.9. The van der Waals surface area contributed by atoms with E-state index in [1.807, 2.05) is 48.5 Å². The molecule has 0 amide bonds. The Morgan fingerprint density at radius 2 is 1.75 bits per heavy atom. The van der Waals surface area contributed by atoms with Crippen LogP contribution in [0.4, 0.5) is 0 Å². The fraction of sp³-hybridized carbons (Fsp3) is 0.250. The van der Waals surface area contributed by atoms with Gasteiger partial charge in [0.15, 0.2) is 18.3 Å². The lowest BCUT2D eigenvalue weighted by atomic mass is 10.2. The second-order valence-corrected chi connectivity index (χ2v) is 4.78. The number of halogens is 1. The molecule has 2 aromatic carbocycles. The molecule has 0 spiro atoms. The predicted molar refractivity (Wildman–Crippen MR) is 82.4 cm³/mol. The average Bonchev–Trinajstić information content (AvgIpc) is 2.52. The van der Waals surface area contributed by atoms with E-state index in [-0.39, 0.29) is 6.79 Å². The fourth-order valence-electron chi connectivity index (χ4n) is 1.75. The smallest absolute Gasteiger partial charge is 0.189 e. The van der Waals surface area contributed by atoms with Crippen molar-refractivity contribution in [2.45, 2.75) is 11.9 Å². The normalized spacial score (nSPS) is 10.3. The monoisotopic (exact) mass is 336 g/mol. The molecule has 106 valence electrons. The molecule has 0 saturated carbocycles. The Bertz CT molecular complexity index is 529. The molecular formula is C16H17BrO3. The molecule has 0 heterocycles. The maximum absolute atomic E-state index is 5.59. The second-order valence-electron chi connectivity index (χ2n) is 4.22. The van der Waals surface area contributed by atoms with Gasteiger partial charge in [0, 0.05) is 5.33 Å². The lowest BCUT2D eigenvalue weighted by Crippen LogP contribution is -2.04. The minimum atomic E-state index is 0.193. The van der Waals surface area contributed by atoms with E-state index >= 15 is 0 Å². The van der Waals surface area contributed by atoms with Crippen molar-refractivity contribution in [3.05, 3.63) is 59.7 Å². The minimum Gasteiger partial charge on any atom is -0.493 e. The number of methoxy groups -OCH3 is 1. The highest BCUT2D eigenvalue weighted by Crippen LogP contribution is 2.28. The van der Waals surface area contributed by atoms with Crippen LogP contribution in [-0.4, -0.2) is 13.9 Å². The highest BCUT2D eigenvalue weighted by molar-refractivity contribution is 9.08. The van der Waals surface area contributed by atoms with Gasteiger partial charge < -0.3 is 14.2 Å². The van der Waals surface area contributed by atoms with Crippen LogP contribution in [-0.2, 0) is 16.7 Å². The van der Waals surface area contributed by atoms with Crippen molar-refractivity contribution in [3.63, 3.8) is 0 Å². The fourth-order valence-corrected chi connectivity index (χ4v) is 2.10. The lowest BCUT2D eigenvalue weighted by Gasteiger charge is -2.12. The minimum absolute atomic E-state index is 0.193. The summed E-state index contributed by atoms with van der Waals surface area (Å²) in [5, 5.41) is 0.786. The first-order chi connectivity index (χ1) is 9.83. The van der Waals surface area contributed by atoms with E-state index in [0.717, 1.165) is 16.5 Å². The molecule has 2 aromatic rings. The zero-order valence-corrected chi connectivity index (χ0v) is 12.9. The molecule has 20 heavy (non-hydrogen) atoms. The van der Waals surface area contributed by atoms with E-state index < -0.39 is 0 Å². The molecule has 0 aliphatic heterocycles. The van der Waals surface area contributed by atoms with E-state index in [9.17, 15) is 0 Å². The molecule has 0 fully saturated rings. The summed E-state index contributed by atoms with van der Waals surface area (Å²) in [4.78, 5) is 0. The Morgan fingerprint density at radius 1 is 0.950 bits per heavy atom. The molecule has 0 aliphatic carbocycles. The number of hydrogen-bond acceptors (Lipinski definition) is 3. The summed E-state index contributed by atoms with van der Waals surface area (Å²) in [5.41, 5.74) is 2.26. The maximum Gasteiger partial charge on any atom is 0.189 e. The Kier molecular flexibility index (Phi) is 5.89. The van der Waals surface area contributed by atoms with Crippen molar-refractivity contribution in [3.8, 4) is 11.5 Å². The number of benzene rings is 2. The highest BCUT2D eigenvalue weighted by atomic mass is 79.9. The van der Waals surface area contributed by atoms with Gasteiger partial charge in [0.05, 0.1) is 13.7 Å². The summed E-state index contributed by atoms with van der Waals surface area (Å²) in [6, 6.07) is 15.8. The van der Waals surface area contributed by atoms with Crippen LogP contribution in [0.5, 0.6) is 11.5 Å². The maximum atomic E-state index is 5.59. The summed E-state index contributed by atoms with van der Waals surface area (Å²) in [6.45, 7) is 0.724. The van der Waals surface area contributed by atoms with Crippen LogP contribution in [0, 0.1) is 0 Å². The molecule has 0 bridgehead atoms. The summed E-state index contributed by atoms with van der Waals surface area (Å²) in [6.07, 6.45) is 0. The molecule has 0 unspecified atom stereocenters. The van der Waals surface area contributed by atoms with Gasteiger partial charge in [0.2, 0.25) is 0 Å². The van der Waals surface area contributed by atoms with Crippen molar-refractivity contribution in [2.24, 2.45) is 0 Å². The Labute approximate surface area is 127 Å². The van der Waals surface area contributed by atoms with Gasteiger partial charge >= 0.3 is 0 Å². The van der Waals surface area contributed by atoms with Gasteiger partial charge in [-0.25, -0.2) is 0 Å². The van der Waals surface area contributed by atoms with Crippen molar-refractivity contribution >= 4 is 15.9 Å². The third kappa shape index (κ3) is 4.25. The number of hydrogen-bond donors (Lipinski definition) is 0. The zero-order valence-electron chi connectivity index (χ0n) is 11.3. The number of ether oxygens (including phenoxy) is 3. The Morgan fingerprint density at radius 3 is 2.45 bits per heavy atom. The molecule has 0 saturated heterocycles. The van der Waals surface area contributed by atoms with Crippen LogP contribution < -0.4 is 9.47 Å². The van der Waals surface area contributed by atoms with Gasteiger partial charge in [-0.1, -0.05) is 52.3 Å². The second kappa shape index (κ2) is 7.92. The van der Waals surface area contributed by atoms with Gasteiger partial charge in [0.1, 0.15) is 0 Å². The van der Waals surface area contributed by atoms with E-state index in [4.69, 9.17) is 14.2 Å². The topological polar surface area (TPSA) is 27.7 Å². The average molecular weight is 337 g/mol. The predicted octanol–water partition coefficient (Wildman–Crippen LogP) is 4.14. The highest BCUT2D eigenvalue weighted by Gasteiger charge is 2.05. The Hall–Kier alpha value is -1.52. The Balaban J connectivity index is 1.85. The van der Waals surface area contributed by atoms with Crippen LogP contribution in [0.15, 0.2) is 48.5 Å². The lowest BCUT2D eigenvalue weighted by molar-refractivity contribution is 0.00375. The third-order valence-electron chi connectivity index (χ3n) is 2.79. The molecule has 4 heteroatoms. The SMILES string of the molecule is COc1cc(CBr)ccc1OCOCc1ccccc1. The van der Waals surface area contributed by atoms with Crippen LogP contribution >= 0.6 is 15.9 Å². The summed E-state index contributed by atoms with van der Waals surface area (Å²) in [5.74, 6) is 1.40. The van der Waals surface area contributed by atoms with E-state index in [2.05, 4.69) is 15.9 Å². The van der Waals surface area contributed by atoms with Crippen molar-refractivity contribution in [1.29, 1.82) is 0 Å². The van der Waals surface area contributed by atoms with Crippen LogP contribution in [0.1, 0.15) is 11.1 Å². The first-order valence-electron chi connectivity index (χ1n) is 6.31. The van der Waals surface area contributed by atoms with Gasteiger partial charge in [-0.2, -0.15) is 0 Å². The van der Waals surface area contributed by atoms with E-state index in [0.29, 0.717) is 18.1 Å². The van der Waals surface area contributed by atoms with Crippen molar-refractivity contribution < 1.29 is 14.2 Å². The van der Waals surface area contributed by atoms with Gasteiger partial charge in [0.25, 0.3) is 0 Å². The number of rotatable bonds is 7. The van der Waals surface area contributed by atoms with Gasteiger partial charge in [-0.05, 0) is 23.3 Å². The zero-order chi connectivity index (χ0) is 14.2. The standard InChI is InChI=1S/C16H17BrO3/c1-18-16-9-14(10-17)7-8-15(16)20-12-19-11-13-5-3-2-4-6-13/h2-9H,10-12H2,1H3. The van der Waals surface area contributed by atoms with E-state index in [1.165, 1.54) is 0 Å². The largest absolute Gasteiger partial charge is 0.493 e. The summed E-state index contributed by atoms with van der Waals surface area (Å²) in [7, 11) is 1.63. The summed E-state index contributed by atoms with van der Waals surface area (Å²) >= 11 is 3.41. The van der Waals surface area contributed by atoms with Crippen molar-refractivity contribution in [2.75, 3.05) is 13.9 Å². The van der Waals surface area contributed by atoms with Crippen LogP contribution in [0.3, 0.4) is 0 Å². The summed E-state index contributed by atoms with van der Waals surface area (Å²) < 4.78 is 16.4. The first-order valence-corrected chi connectivity index (χ1v) is 7.43. The molecule has 0 atom stereocenters. The van der Waals surface area contributed by atoms with Crippen LogP contribution in [0.2, 0.25) is 0 Å². The van der Waals surface area contributed by atoms with E-state index in [1.54, 1.807) is 7.11 Å². The quantitative estimate of drug-likeness (QED) is 0.432. The molecule has 0 aromatic heterocycles. The van der Waals surface area contributed by atoms with Crippen LogP contribution in [0.25, 0.3) is 0 Å². The molecule has 3 nitrogen and oxygen atoms in total. The molecule has 0 aliphatic rings. The number of alkyl halides is 1. The van der Waals surface area contributed by atoms with Gasteiger partial charge in [-0.3, -0.25) is 0 Å². The molecule has 2 rings (SSSR count). The third-order valence-corrected chi connectivity index (χ3v) is 3.44.